The van der Waals surface area contributed by atoms with Crippen molar-refractivity contribution in [1.29, 1.82) is 0 Å². The van der Waals surface area contributed by atoms with Gasteiger partial charge < -0.3 is 29.9 Å². The molecule has 0 bridgehead atoms. The minimum absolute atomic E-state index is 0. The molecule has 0 fully saturated rings. The molecule has 0 aliphatic rings. The Morgan fingerprint density at radius 1 is 0.875 bits per heavy atom. The largest absolute Gasteiger partial charge is 2.00 e. The van der Waals surface area contributed by atoms with E-state index >= 15 is 0 Å². The number of carbonyl (C=O) groups excluding carboxylic acids is 1. The van der Waals surface area contributed by atoms with Gasteiger partial charge in [0.25, 0.3) is 0 Å². The number of hydrogen-bond acceptors (Lipinski definition) is 1. The Hall–Kier alpha value is 1.28. The van der Waals surface area contributed by atoms with Crippen molar-refractivity contribution in [3.8, 4) is 0 Å². The molecule has 0 aliphatic carbocycles. The van der Waals surface area contributed by atoms with E-state index in [0.717, 1.165) is 0 Å². The van der Waals surface area contributed by atoms with Gasteiger partial charge in [0.15, 0.2) is 0 Å². The third-order valence-electron chi connectivity index (χ3n) is 2.60. The van der Waals surface area contributed by atoms with E-state index < -0.39 is 7.92 Å². The van der Waals surface area contributed by atoms with Crippen LogP contribution in [0.1, 0.15) is 82.6 Å². The van der Waals surface area contributed by atoms with Gasteiger partial charge >= 0.3 is 35.4 Å². The zero-order chi connectivity index (χ0) is 16.8. The predicted molar refractivity (Wildman–Crippen MR) is 103 cm³/mol. The van der Waals surface area contributed by atoms with Gasteiger partial charge in [-0.25, -0.2) is 0 Å². The van der Waals surface area contributed by atoms with Crippen molar-refractivity contribution in [3.63, 3.8) is 0 Å². The van der Waals surface area contributed by atoms with Crippen LogP contribution in [0.15, 0.2) is 0 Å². The van der Waals surface area contributed by atoms with Crippen molar-refractivity contribution < 1.29 is 52.6 Å². The summed E-state index contributed by atoms with van der Waals surface area (Å²) in [6.45, 7) is 23.7. The Labute approximate surface area is 183 Å². The van der Waals surface area contributed by atoms with E-state index in [1.807, 2.05) is 20.8 Å². The van der Waals surface area contributed by atoms with Crippen LogP contribution in [0.2, 0.25) is 0 Å². The van der Waals surface area contributed by atoms with Crippen LogP contribution in [0.5, 0.6) is 0 Å². The van der Waals surface area contributed by atoms with E-state index in [9.17, 15) is 4.79 Å². The van der Waals surface area contributed by atoms with E-state index in [-0.39, 0.29) is 76.9 Å². The molecule has 0 aromatic heterocycles. The molecule has 0 aromatic rings. The fourth-order valence-corrected chi connectivity index (χ4v) is 5.91. The Balaban J connectivity index is -0.000000107. The van der Waals surface area contributed by atoms with E-state index in [4.69, 9.17) is 0 Å². The summed E-state index contributed by atoms with van der Waals surface area (Å²) < 4.78 is 0. The molecule has 24 heavy (non-hydrogen) atoms. The summed E-state index contributed by atoms with van der Waals surface area (Å²) in [5.74, 6) is 0.0799. The van der Waals surface area contributed by atoms with E-state index in [1.165, 1.54) is 6.42 Å². The minimum atomic E-state index is -0.790. The van der Waals surface area contributed by atoms with Crippen LogP contribution in [0.4, 0.5) is 0 Å². The quantitative estimate of drug-likeness (QED) is 0.362. The molecule has 0 aromatic carbocycles. The van der Waals surface area contributed by atoms with Crippen LogP contribution in [0.25, 0.3) is 5.32 Å². The molecule has 0 heterocycles. The first-order valence-electron chi connectivity index (χ1n) is 7.77. The molecule has 0 N–H and O–H groups in total. The number of nitrogens with zero attached hydrogens (tertiary/aromatic N) is 1. The fraction of sp³-hybridized carbons (Fsp3) is 0.889. The summed E-state index contributed by atoms with van der Waals surface area (Å²) >= 11 is 0. The maximum absolute atomic E-state index is 12.0. The van der Waals surface area contributed by atoms with Crippen LogP contribution in [0, 0.1) is 7.43 Å². The molecule has 0 aliphatic heterocycles. The molecule has 0 saturated carbocycles. The molecule has 0 rings (SSSR count). The molecule has 146 valence electrons. The number of halogens is 1. The van der Waals surface area contributed by atoms with Crippen molar-refractivity contribution in [3.05, 3.63) is 12.7 Å². The Kier molecular flexibility index (Phi) is 27.5. The summed E-state index contributed by atoms with van der Waals surface area (Å²) in [6.07, 6.45) is 1.90. The Morgan fingerprint density at radius 2 is 1.12 bits per heavy atom. The van der Waals surface area contributed by atoms with Crippen molar-refractivity contribution in [1.82, 2.24) is 0 Å². The third-order valence-corrected chi connectivity index (χ3v) is 6.88. The van der Waals surface area contributed by atoms with E-state index in [2.05, 4.69) is 60.7 Å². The molecule has 2 nitrogen and oxygen atoms in total. The zero-order valence-corrected chi connectivity index (χ0v) is 21.2. The predicted octanol–water partition coefficient (Wildman–Crippen LogP) is 0.368. The molecule has 0 unspecified atom stereocenters. The summed E-state index contributed by atoms with van der Waals surface area (Å²) in [7, 11) is -0.790. The van der Waals surface area contributed by atoms with Gasteiger partial charge in [-0.15, -0.1) is 5.54 Å². The third kappa shape index (κ3) is 23.3. The second kappa shape index (κ2) is 16.5. The van der Waals surface area contributed by atoms with Crippen molar-refractivity contribution in [2.24, 2.45) is 0 Å². The van der Waals surface area contributed by atoms with Crippen LogP contribution >= 0.6 is 7.92 Å². The summed E-state index contributed by atoms with van der Waals surface area (Å²) in [5.41, 5.74) is -0.250. The van der Waals surface area contributed by atoms with Gasteiger partial charge in [0.05, 0.1) is 22.4 Å². The first-order valence-corrected chi connectivity index (χ1v) is 9.48. The maximum Gasteiger partial charge on any atom is 2.00 e. The average Bonchev–Trinajstić information content (AvgIpc) is 2.08. The standard InChI is InChI=1S/C14H30NOP.C3H8.CH3.ClH.Li.Ni/c1-12(2,3)15-11(16)10-17(13(4,5)6)14(7,8)9;1-3-2;;;;/h10H2,1-9H3,(H,15,16);3H2,1-2H3;1H3;1H;;/q;;-1;;+1;+2/p-1. The van der Waals surface area contributed by atoms with Crippen molar-refractivity contribution in [2.75, 3.05) is 6.16 Å². The van der Waals surface area contributed by atoms with E-state index in [1.54, 1.807) is 0 Å². The summed E-state index contributed by atoms with van der Waals surface area (Å²) in [5, 5.41) is 4.72. The minimum Gasteiger partial charge on any atom is -1.00 e. The van der Waals surface area contributed by atoms with E-state index in [0.29, 0.717) is 6.16 Å². The second-order valence-electron chi connectivity index (χ2n) is 8.54. The van der Waals surface area contributed by atoms with Gasteiger partial charge in [0.2, 0.25) is 0 Å². The first-order chi connectivity index (χ1) is 8.65. The fourth-order valence-electron chi connectivity index (χ4n) is 2.22. The zero-order valence-electron chi connectivity index (χ0n) is 18.5. The summed E-state index contributed by atoms with van der Waals surface area (Å²) in [4.78, 5) is 12.0. The Morgan fingerprint density at radius 3 is 1.29 bits per heavy atom. The molecule has 0 spiro atoms. The smallest absolute Gasteiger partial charge is 1.00 e. The molecular formula is C18H41ClLiNNiOP+. The number of hydrogen-bond donors (Lipinski definition) is 0. The molecule has 1 amide bonds. The van der Waals surface area contributed by atoms with Gasteiger partial charge in [-0.1, -0.05) is 41.0 Å². The second-order valence-corrected chi connectivity index (χ2v) is 12.8. The molecule has 0 saturated heterocycles. The van der Waals surface area contributed by atoms with Crippen molar-refractivity contribution >= 4 is 13.8 Å². The SMILES string of the molecule is CC(C)(C)[N-]C(=O)C[PH+](C(C)(C)C)C(C)(C)C.CCC.[CH3-].[Cl-].[Li+].[Ni+2]. The van der Waals surface area contributed by atoms with Gasteiger partial charge in [0, 0.05) is 7.92 Å². The average molecular weight is 420 g/mol. The van der Waals surface area contributed by atoms with Crippen LogP contribution in [-0.4, -0.2) is 27.9 Å². The topological polar surface area (TPSA) is 31.2 Å². The van der Waals surface area contributed by atoms with Gasteiger partial charge in [0.1, 0.15) is 0 Å². The monoisotopic (exact) mass is 418 g/mol. The number of carbonyl (C=O) groups is 1. The summed E-state index contributed by atoms with van der Waals surface area (Å²) in [6, 6.07) is 0. The molecular weight excluding hydrogens is 378 g/mol. The molecule has 0 atom stereocenters. The molecule has 6 heteroatoms. The number of rotatable bonds is 2. The maximum atomic E-state index is 12.0. The molecule has 0 radical (unpaired) electrons. The van der Waals surface area contributed by atoms with Gasteiger partial charge in [-0.2, -0.15) is 0 Å². The van der Waals surface area contributed by atoms with Crippen LogP contribution < -0.4 is 31.3 Å². The van der Waals surface area contributed by atoms with Crippen LogP contribution in [0.3, 0.4) is 0 Å². The first kappa shape index (κ1) is 40.1. The van der Waals surface area contributed by atoms with Crippen LogP contribution in [-0.2, 0) is 21.3 Å². The number of amides is 1. The van der Waals surface area contributed by atoms with Gasteiger partial charge in [-0.3, -0.25) is 0 Å². The van der Waals surface area contributed by atoms with Gasteiger partial charge in [-0.05, 0) is 41.5 Å². The Bertz CT molecular complexity index is 283. The normalized spacial score (nSPS) is 10.7. The van der Waals surface area contributed by atoms with Crippen molar-refractivity contribution in [2.45, 2.75) is 98.4 Å².